The summed E-state index contributed by atoms with van der Waals surface area (Å²) in [7, 11) is 0. The molecule has 0 saturated carbocycles. The fourth-order valence-electron chi connectivity index (χ4n) is 1.98. The van der Waals surface area contributed by atoms with Gasteiger partial charge >= 0.3 is 0 Å². The van der Waals surface area contributed by atoms with Gasteiger partial charge in [-0.1, -0.05) is 25.0 Å². The molecular formula is C16H25N3O2. The summed E-state index contributed by atoms with van der Waals surface area (Å²) < 4.78 is 0. The highest BCUT2D eigenvalue weighted by atomic mass is 16.2. The lowest BCUT2D eigenvalue weighted by atomic mass is 10.1. The highest BCUT2D eigenvalue weighted by Gasteiger charge is 2.02. The molecule has 0 atom stereocenters. The number of carbonyl (C=O) groups excluding carboxylic acids is 2. The summed E-state index contributed by atoms with van der Waals surface area (Å²) in [5, 5.41) is 5.61. The van der Waals surface area contributed by atoms with Gasteiger partial charge in [0.05, 0.1) is 0 Å². The number of benzene rings is 1. The summed E-state index contributed by atoms with van der Waals surface area (Å²) in [4.78, 5) is 22.6. The van der Waals surface area contributed by atoms with Crippen LogP contribution in [0.2, 0.25) is 0 Å². The smallest absolute Gasteiger partial charge is 0.221 e. The summed E-state index contributed by atoms with van der Waals surface area (Å²) in [6.45, 7) is 2.71. The second-order valence-corrected chi connectivity index (χ2v) is 5.11. The molecule has 5 heteroatoms. The van der Waals surface area contributed by atoms with Crippen LogP contribution in [0.5, 0.6) is 0 Å². The lowest BCUT2D eigenvalue weighted by molar-refractivity contribution is -0.121. The first-order chi connectivity index (χ1) is 10.1. The second-order valence-electron chi connectivity index (χ2n) is 5.11. The quantitative estimate of drug-likeness (QED) is 0.610. The van der Waals surface area contributed by atoms with E-state index in [-0.39, 0.29) is 11.8 Å². The van der Waals surface area contributed by atoms with E-state index in [0.29, 0.717) is 13.0 Å². The largest absolute Gasteiger partial charge is 0.352 e. The highest BCUT2D eigenvalue weighted by Crippen LogP contribution is 2.09. The van der Waals surface area contributed by atoms with Gasteiger partial charge in [-0.05, 0) is 37.1 Å². The van der Waals surface area contributed by atoms with Gasteiger partial charge in [0, 0.05) is 25.6 Å². The molecule has 0 saturated heterocycles. The van der Waals surface area contributed by atoms with E-state index in [1.165, 1.54) is 6.92 Å². The van der Waals surface area contributed by atoms with Gasteiger partial charge in [-0.15, -0.1) is 0 Å². The Morgan fingerprint density at radius 3 is 2.33 bits per heavy atom. The summed E-state index contributed by atoms with van der Waals surface area (Å²) in [5.41, 5.74) is 7.19. The van der Waals surface area contributed by atoms with Crippen LogP contribution in [0.25, 0.3) is 0 Å². The first-order valence-corrected chi connectivity index (χ1v) is 7.45. The SMILES string of the molecule is CC(=O)Nc1ccc(CNC(=O)CCCCCCN)cc1. The Balaban J connectivity index is 2.21. The zero-order valence-electron chi connectivity index (χ0n) is 12.7. The molecule has 21 heavy (non-hydrogen) atoms. The Kier molecular flexibility index (Phi) is 8.12. The maximum Gasteiger partial charge on any atom is 0.221 e. The third-order valence-corrected chi connectivity index (χ3v) is 3.12. The van der Waals surface area contributed by atoms with Crippen molar-refractivity contribution >= 4 is 17.5 Å². The molecule has 0 aromatic heterocycles. The molecule has 0 aliphatic carbocycles. The first-order valence-electron chi connectivity index (χ1n) is 7.45. The summed E-state index contributed by atoms with van der Waals surface area (Å²) >= 11 is 0. The van der Waals surface area contributed by atoms with E-state index in [1.807, 2.05) is 24.3 Å². The molecular weight excluding hydrogens is 266 g/mol. The zero-order chi connectivity index (χ0) is 15.5. The molecule has 5 nitrogen and oxygen atoms in total. The molecule has 2 amide bonds. The monoisotopic (exact) mass is 291 g/mol. The molecule has 1 rings (SSSR count). The Morgan fingerprint density at radius 2 is 1.71 bits per heavy atom. The summed E-state index contributed by atoms with van der Waals surface area (Å²) in [6.07, 6.45) is 4.65. The Labute approximate surface area is 126 Å². The van der Waals surface area contributed by atoms with Crippen molar-refractivity contribution < 1.29 is 9.59 Å². The van der Waals surface area contributed by atoms with E-state index in [4.69, 9.17) is 5.73 Å². The highest BCUT2D eigenvalue weighted by molar-refractivity contribution is 5.88. The van der Waals surface area contributed by atoms with Gasteiger partial charge in [-0.3, -0.25) is 9.59 Å². The topological polar surface area (TPSA) is 84.2 Å². The average molecular weight is 291 g/mol. The third-order valence-electron chi connectivity index (χ3n) is 3.12. The number of carbonyl (C=O) groups is 2. The van der Waals surface area contributed by atoms with Crippen LogP contribution in [-0.4, -0.2) is 18.4 Å². The Hall–Kier alpha value is -1.88. The van der Waals surface area contributed by atoms with Crippen molar-refractivity contribution in [2.24, 2.45) is 5.73 Å². The number of hydrogen-bond acceptors (Lipinski definition) is 3. The van der Waals surface area contributed by atoms with Crippen LogP contribution in [0.4, 0.5) is 5.69 Å². The van der Waals surface area contributed by atoms with Crippen LogP contribution < -0.4 is 16.4 Å². The van der Waals surface area contributed by atoms with Gasteiger partial charge in [-0.25, -0.2) is 0 Å². The van der Waals surface area contributed by atoms with Gasteiger partial charge in [0.2, 0.25) is 11.8 Å². The number of nitrogens with one attached hydrogen (secondary N) is 2. The molecule has 116 valence electrons. The standard InChI is InChI=1S/C16H25N3O2/c1-13(20)19-15-9-7-14(8-10-15)12-18-16(21)6-4-2-3-5-11-17/h7-10H,2-6,11-12,17H2,1H3,(H,18,21)(H,19,20). The van der Waals surface area contributed by atoms with Gasteiger partial charge in [0.25, 0.3) is 0 Å². The zero-order valence-corrected chi connectivity index (χ0v) is 12.7. The summed E-state index contributed by atoms with van der Waals surface area (Å²) in [6, 6.07) is 7.45. The molecule has 4 N–H and O–H groups in total. The minimum absolute atomic E-state index is 0.0775. The van der Waals surface area contributed by atoms with Crippen molar-refractivity contribution in [2.45, 2.75) is 45.6 Å². The minimum atomic E-state index is -0.0920. The number of nitrogens with two attached hydrogens (primary N) is 1. The van der Waals surface area contributed by atoms with Crippen LogP contribution in [-0.2, 0) is 16.1 Å². The van der Waals surface area contributed by atoms with Crippen LogP contribution >= 0.6 is 0 Å². The maximum absolute atomic E-state index is 11.7. The molecule has 1 aromatic rings. The van der Waals surface area contributed by atoms with Crippen molar-refractivity contribution in [3.8, 4) is 0 Å². The van der Waals surface area contributed by atoms with E-state index < -0.39 is 0 Å². The lowest BCUT2D eigenvalue weighted by Gasteiger charge is -2.07. The van der Waals surface area contributed by atoms with E-state index in [1.54, 1.807) is 0 Å². The Bertz CT molecular complexity index is 443. The Morgan fingerprint density at radius 1 is 1.05 bits per heavy atom. The molecule has 0 unspecified atom stereocenters. The van der Waals surface area contributed by atoms with E-state index in [2.05, 4.69) is 10.6 Å². The van der Waals surface area contributed by atoms with Crippen LogP contribution in [0.3, 0.4) is 0 Å². The van der Waals surface area contributed by atoms with Crippen LogP contribution in [0.1, 0.15) is 44.6 Å². The molecule has 0 fully saturated rings. The van der Waals surface area contributed by atoms with Crippen molar-refractivity contribution in [1.29, 1.82) is 0 Å². The summed E-state index contributed by atoms with van der Waals surface area (Å²) in [5.74, 6) is -0.0145. The van der Waals surface area contributed by atoms with Crippen molar-refractivity contribution in [3.63, 3.8) is 0 Å². The molecule has 1 aromatic carbocycles. The molecule has 0 heterocycles. The van der Waals surface area contributed by atoms with Crippen molar-refractivity contribution in [1.82, 2.24) is 5.32 Å². The molecule has 0 aliphatic heterocycles. The third kappa shape index (κ3) is 8.09. The van der Waals surface area contributed by atoms with E-state index in [9.17, 15) is 9.59 Å². The van der Waals surface area contributed by atoms with Gasteiger partial charge in [0.1, 0.15) is 0 Å². The predicted molar refractivity (Wildman–Crippen MR) is 84.7 cm³/mol. The first kappa shape index (κ1) is 17.2. The van der Waals surface area contributed by atoms with Gasteiger partial charge in [-0.2, -0.15) is 0 Å². The molecule has 0 aliphatic rings. The van der Waals surface area contributed by atoms with E-state index in [0.717, 1.165) is 43.5 Å². The molecule has 0 spiro atoms. The van der Waals surface area contributed by atoms with Gasteiger partial charge < -0.3 is 16.4 Å². The fraction of sp³-hybridized carbons (Fsp3) is 0.500. The second kappa shape index (κ2) is 9.94. The number of unbranched alkanes of at least 4 members (excludes halogenated alkanes) is 3. The molecule has 0 bridgehead atoms. The average Bonchev–Trinajstić information content (AvgIpc) is 2.46. The van der Waals surface area contributed by atoms with Crippen LogP contribution in [0.15, 0.2) is 24.3 Å². The van der Waals surface area contributed by atoms with Crippen molar-refractivity contribution in [3.05, 3.63) is 29.8 Å². The lowest BCUT2D eigenvalue weighted by Crippen LogP contribution is -2.22. The number of amides is 2. The van der Waals surface area contributed by atoms with Crippen LogP contribution in [0, 0.1) is 0 Å². The van der Waals surface area contributed by atoms with E-state index >= 15 is 0 Å². The van der Waals surface area contributed by atoms with Crippen molar-refractivity contribution in [2.75, 3.05) is 11.9 Å². The fourth-order valence-corrected chi connectivity index (χ4v) is 1.98. The number of anilines is 1. The number of hydrogen-bond donors (Lipinski definition) is 3. The molecule has 0 radical (unpaired) electrons. The number of rotatable bonds is 9. The predicted octanol–water partition coefficient (Wildman–Crippen LogP) is 2.17. The maximum atomic E-state index is 11.7. The normalized spacial score (nSPS) is 10.2. The van der Waals surface area contributed by atoms with Gasteiger partial charge in [0.15, 0.2) is 0 Å². The minimum Gasteiger partial charge on any atom is -0.352 e.